The standard InChI is InChI=1S/C13H12N2O4S/c1-2-19-13(16)10-7-20-12(14)11(10)8-4-3-5-9(6-8)15(17)18/h3-7H,2,14H2,1H3. The van der Waals surface area contributed by atoms with Gasteiger partial charge in [-0.05, 0) is 12.5 Å². The van der Waals surface area contributed by atoms with Crippen LogP contribution < -0.4 is 5.73 Å². The van der Waals surface area contributed by atoms with Gasteiger partial charge in [-0.25, -0.2) is 4.79 Å². The zero-order valence-electron chi connectivity index (χ0n) is 10.7. The lowest BCUT2D eigenvalue weighted by Gasteiger charge is -2.05. The van der Waals surface area contributed by atoms with Gasteiger partial charge in [0.2, 0.25) is 0 Å². The molecule has 0 saturated carbocycles. The van der Waals surface area contributed by atoms with Crippen molar-refractivity contribution < 1.29 is 14.5 Å². The molecule has 7 heteroatoms. The number of nitro groups is 1. The summed E-state index contributed by atoms with van der Waals surface area (Å²) in [4.78, 5) is 22.2. The molecule has 0 bridgehead atoms. The highest BCUT2D eigenvalue weighted by atomic mass is 32.1. The number of non-ortho nitro benzene ring substituents is 1. The maximum atomic E-state index is 11.9. The minimum Gasteiger partial charge on any atom is -0.462 e. The summed E-state index contributed by atoms with van der Waals surface area (Å²) in [5.41, 5.74) is 7.16. The molecule has 1 heterocycles. The Labute approximate surface area is 118 Å². The normalized spacial score (nSPS) is 10.2. The number of hydrogen-bond donors (Lipinski definition) is 1. The minimum absolute atomic E-state index is 0.0529. The lowest BCUT2D eigenvalue weighted by atomic mass is 10.0. The zero-order valence-corrected chi connectivity index (χ0v) is 11.5. The number of thiophene rings is 1. The zero-order chi connectivity index (χ0) is 14.7. The summed E-state index contributed by atoms with van der Waals surface area (Å²) in [6.07, 6.45) is 0. The first kappa shape index (κ1) is 14.0. The quantitative estimate of drug-likeness (QED) is 0.530. The van der Waals surface area contributed by atoms with Crippen LogP contribution >= 0.6 is 11.3 Å². The molecule has 0 aliphatic carbocycles. The Hall–Kier alpha value is -2.41. The molecule has 1 aromatic carbocycles. The molecule has 0 unspecified atom stereocenters. The number of carbonyl (C=O) groups excluding carboxylic acids is 1. The van der Waals surface area contributed by atoms with Crippen LogP contribution in [-0.2, 0) is 4.74 Å². The summed E-state index contributed by atoms with van der Waals surface area (Å²) in [6.45, 7) is 1.96. The van der Waals surface area contributed by atoms with Crippen LogP contribution in [0, 0.1) is 10.1 Å². The summed E-state index contributed by atoms with van der Waals surface area (Å²) in [5, 5.41) is 12.8. The summed E-state index contributed by atoms with van der Waals surface area (Å²) in [6, 6.07) is 6.00. The monoisotopic (exact) mass is 292 g/mol. The van der Waals surface area contributed by atoms with Gasteiger partial charge in [0.1, 0.15) is 0 Å². The Bertz CT molecular complexity index is 666. The number of nitrogens with zero attached hydrogens (tertiary/aromatic N) is 1. The van der Waals surface area contributed by atoms with Crippen LogP contribution in [0.5, 0.6) is 0 Å². The second-order valence-electron chi connectivity index (χ2n) is 3.92. The third-order valence-electron chi connectivity index (χ3n) is 2.66. The van der Waals surface area contributed by atoms with E-state index < -0.39 is 10.9 Å². The van der Waals surface area contributed by atoms with E-state index >= 15 is 0 Å². The van der Waals surface area contributed by atoms with Crippen molar-refractivity contribution in [2.24, 2.45) is 0 Å². The maximum absolute atomic E-state index is 11.9. The van der Waals surface area contributed by atoms with Crippen LogP contribution in [0.4, 0.5) is 10.7 Å². The molecule has 1 aromatic heterocycles. The largest absolute Gasteiger partial charge is 0.462 e. The van der Waals surface area contributed by atoms with Crippen LogP contribution in [0.1, 0.15) is 17.3 Å². The third-order valence-corrected chi connectivity index (χ3v) is 3.47. The molecule has 0 aliphatic heterocycles. The number of benzene rings is 1. The van der Waals surface area contributed by atoms with Crippen molar-refractivity contribution in [2.75, 3.05) is 12.3 Å². The van der Waals surface area contributed by atoms with E-state index in [0.29, 0.717) is 21.7 Å². The van der Waals surface area contributed by atoms with Gasteiger partial charge in [-0.3, -0.25) is 10.1 Å². The van der Waals surface area contributed by atoms with Crippen molar-refractivity contribution in [3.63, 3.8) is 0 Å². The first-order valence-corrected chi connectivity index (χ1v) is 6.71. The van der Waals surface area contributed by atoms with E-state index in [2.05, 4.69) is 0 Å². The van der Waals surface area contributed by atoms with E-state index in [1.54, 1.807) is 24.4 Å². The van der Waals surface area contributed by atoms with Gasteiger partial charge in [-0.2, -0.15) is 0 Å². The molecule has 0 spiro atoms. The van der Waals surface area contributed by atoms with Gasteiger partial charge >= 0.3 is 5.97 Å². The van der Waals surface area contributed by atoms with Gasteiger partial charge in [0.15, 0.2) is 0 Å². The Morgan fingerprint density at radius 1 is 1.50 bits per heavy atom. The average molecular weight is 292 g/mol. The van der Waals surface area contributed by atoms with E-state index in [4.69, 9.17) is 10.5 Å². The first-order chi connectivity index (χ1) is 9.54. The highest BCUT2D eigenvalue weighted by molar-refractivity contribution is 7.15. The molecule has 0 saturated heterocycles. The van der Waals surface area contributed by atoms with Crippen molar-refractivity contribution in [1.82, 2.24) is 0 Å². The Morgan fingerprint density at radius 3 is 2.90 bits per heavy atom. The predicted octanol–water partition coefficient (Wildman–Crippen LogP) is 3.08. The Kier molecular flexibility index (Phi) is 3.99. The van der Waals surface area contributed by atoms with Crippen LogP contribution in [-0.4, -0.2) is 17.5 Å². The average Bonchev–Trinajstić information content (AvgIpc) is 2.81. The molecular weight excluding hydrogens is 280 g/mol. The highest BCUT2D eigenvalue weighted by Crippen LogP contribution is 2.36. The fourth-order valence-electron chi connectivity index (χ4n) is 1.80. The summed E-state index contributed by atoms with van der Waals surface area (Å²) >= 11 is 1.20. The van der Waals surface area contributed by atoms with Crippen LogP contribution in [0.25, 0.3) is 11.1 Å². The maximum Gasteiger partial charge on any atom is 0.339 e. The summed E-state index contributed by atoms with van der Waals surface area (Å²) in [5.74, 6) is -0.484. The van der Waals surface area contributed by atoms with Gasteiger partial charge in [0.25, 0.3) is 5.69 Å². The number of anilines is 1. The van der Waals surface area contributed by atoms with E-state index in [1.165, 1.54) is 23.5 Å². The molecule has 0 radical (unpaired) electrons. The summed E-state index contributed by atoms with van der Waals surface area (Å²) < 4.78 is 4.96. The molecule has 104 valence electrons. The minimum atomic E-state index is -0.490. The molecule has 0 aliphatic rings. The molecule has 0 amide bonds. The summed E-state index contributed by atoms with van der Waals surface area (Å²) in [7, 11) is 0. The number of ether oxygens (including phenoxy) is 1. The Morgan fingerprint density at radius 2 is 2.25 bits per heavy atom. The van der Waals surface area contributed by atoms with Crippen LogP contribution in [0.15, 0.2) is 29.6 Å². The molecule has 0 atom stereocenters. The smallest absolute Gasteiger partial charge is 0.339 e. The van der Waals surface area contributed by atoms with Gasteiger partial charge in [-0.15, -0.1) is 11.3 Å². The van der Waals surface area contributed by atoms with Crippen molar-refractivity contribution >= 4 is 28.0 Å². The van der Waals surface area contributed by atoms with E-state index in [9.17, 15) is 14.9 Å². The topological polar surface area (TPSA) is 95.5 Å². The first-order valence-electron chi connectivity index (χ1n) is 5.83. The second kappa shape index (κ2) is 5.70. The lowest BCUT2D eigenvalue weighted by Crippen LogP contribution is -2.05. The molecule has 2 aromatic rings. The number of nitrogen functional groups attached to an aromatic ring is 1. The van der Waals surface area contributed by atoms with Crippen molar-refractivity contribution in [3.8, 4) is 11.1 Å². The molecule has 2 rings (SSSR count). The fourth-order valence-corrected chi connectivity index (χ4v) is 2.61. The van der Waals surface area contributed by atoms with E-state index in [-0.39, 0.29) is 12.3 Å². The third kappa shape index (κ3) is 2.62. The number of esters is 1. The predicted molar refractivity (Wildman–Crippen MR) is 76.8 cm³/mol. The van der Waals surface area contributed by atoms with Crippen LogP contribution in [0.2, 0.25) is 0 Å². The van der Waals surface area contributed by atoms with Gasteiger partial charge in [-0.1, -0.05) is 12.1 Å². The second-order valence-corrected chi connectivity index (χ2v) is 4.83. The highest BCUT2D eigenvalue weighted by Gasteiger charge is 2.20. The molecule has 2 N–H and O–H groups in total. The number of rotatable bonds is 4. The molecule has 6 nitrogen and oxygen atoms in total. The number of carbonyl (C=O) groups is 1. The van der Waals surface area contributed by atoms with E-state index in [1.807, 2.05) is 0 Å². The molecule has 20 heavy (non-hydrogen) atoms. The number of hydrogen-bond acceptors (Lipinski definition) is 6. The SMILES string of the molecule is CCOC(=O)c1csc(N)c1-c1cccc([N+](=O)[O-])c1. The van der Waals surface area contributed by atoms with E-state index in [0.717, 1.165) is 0 Å². The molecule has 0 fully saturated rings. The van der Waals surface area contributed by atoms with Crippen molar-refractivity contribution in [3.05, 3.63) is 45.3 Å². The Balaban J connectivity index is 2.52. The van der Waals surface area contributed by atoms with Gasteiger partial charge < -0.3 is 10.5 Å². The van der Waals surface area contributed by atoms with Crippen LogP contribution in [0.3, 0.4) is 0 Å². The fraction of sp³-hybridized carbons (Fsp3) is 0.154. The number of nitrogens with two attached hydrogens (primary N) is 1. The molecular formula is C13H12N2O4S. The van der Waals surface area contributed by atoms with Gasteiger partial charge in [0, 0.05) is 23.1 Å². The van der Waals surface area contributed by atoms with Crippen molar-refractivity contribution in [1.29, 1.82) is 0 Å². The van der Waals surface area contributed by atoms with Crippen molar-refractivity contribution in [2.45, 2.75) is 6.92 Å². The number of nitro benzene ring substituents is 1. The van der Waals surface area contributed by atoms with Gasteiger partial charge in [0.05, 0.1) is 22.1 Å². The lowest BCUT2D eigenvalue weighted by molar-refractivity contribution is -0.384.